The lowest BCUT2D eigenvalue weighted by atomic mass is 9.85. The Morgan fingerprint density at radius 3 is 2.21 bits per heavy atom. The van der Waals surface area contributed by atoms with Crippen molar-refractivity contribution in [2.45, 2.75) is 19.1 Å². The Hall–Kier alpha value is -3.99. The van der Waals surface area contributed by atoms with Gasteiger partial charge in [-0.1, -0.05) is 65.5 Å². The molecule has 1 heterocycles. The normalized spacial score (nSPS) is 11.9. The van der Waals surface area contributed by atoms with Crippen molar-refractivity contribution in [2.24, 2.45) is 5.10 Å². The Balaban J connectivity index is 1.81. The minimum atomic E-state index is -1.96. The zero-order valence-corrected chi connectivity index (χ0v) is 15.3. The Morgan fingerprint density at radius 2 is 1.72 bits per heavy atom. The maximum Gasteiger partial charge on any atom is 0.514 e. The molecule has 0 unspecified atom stereocenters. The topological polar surface area (TPSA) is 148 Å². The average molecular weight is 395 g/mol. The molecular formula is C18H17N7O4. The van der Waals surface area contributed by atoms with Gasteiger partial charge in [-0.15, -0.1) is 0 Å². The Labute approximate surface area is 164 Å². The van der Waals surface area contributed by atoms with E-state index in [0.29, 0.717) is 16.8 Å². The second-order valence-electron chi connectivity index (χ2n) is 6.11. The highest BCUT2D eigenvalue weighted by atomic mass is 16.6. The van der Waals surface area contributed by atoms with Crippen molar-refractivity contribution < 1.29 is 14.8 Å². The number of tetrazole rings is 1. The molecule has 0 aliphatic carbocycles. The summed E-state index contributed by atoms with van der Waals surface area (Å²) in [6.07, 6.45) is 0. The van der Waals surface area contributed by atoms with Crippen molar-refractivity contribution in [3.63, 3.8) is 0 Å². The molecule has 2 aromatic carbocycles. The van der Waals surface area contributed by atoms with Crippen LogP contribution >= 0.6 is 0 Å². The molecule has 1 aromatic heterocycles. The van der Waals surface area contributed by atoms with E-state index < -0.39 is 22.4 Å². The summed E-state index contributed by atoms with van der Waals surface area (Å²) in [7, 11) is 0. The van der Waals surface area contributed by atoms with Gasteiger partial charge < -0.3 is 15.2 Å². The SMILES string of the molecule is C/C(Cn1nnc([N+](=O)[O-])n1)=N/NC(=O)C(O)(c1ccccc1)c1ccccc1. The van der Waals surface area contributed by atoms with E-state index in [0.717, 1.165) is 4.80 Å². The molecule has 3 aromatic rings. The van der Waals surface area contributed by atoms with E-state index in [-0.39, 0.29) is 6.54 Å². The van der Waals surface area contributed by atoms with Crippen LogP contribution in [0.5, 0.6) is 0 Å². The summed E-state index contributed by atoms with van der Waals surface area (Å²) in [4.78, 5) is 23.7. The fraction of sp³-hybridized carbons (Fsp3) is 0.167. The quantitative estimate of drug-likeness (QED) is 0.344. The van der Waals surface area contributed by atoms with Gasteiger partial charge in [0.15, 0.2) is 5.60 Å². The zero-order valence-electron chi connectivity index (χ0n) is 15.3. The monoisotopic (exact) mass is 395 g/mol. The Bertz CT molecular complexity index is 995. The van der Waals surface area contributed by atoms with E-state index >= 15 is 0 Å². The van der Waals surface area contributed by atoms with Crippen LogP contribution in [-0.4, -0.2) is 41.9 Å². The predicted molar refractivity (Wildman–Crippen MR) is 102 cm³/mol. The summed E-state index contributed by atoms with van der Waals surface area (Å²) < 4.78 is 0. The molecule has 0 radical (unpaired) electrons. The van der Waals surface area contributed by atoms with E-state index in [1.54, 1.807) is 67.6 Å². The number of nitrogens with one attached hydrogen (secondary N) is 1. The minimum absolute atomic E-state index is 0.0315. The van der Waals surface area contributed by atoms with Gasteiger partial charge in [0.1, 0.15) is 6.54 Å². The van der Waals surface area contributed by atoms with Gasteiger partial charge in [0.25, 0.3) is 5.91 Å². The number of nitrogens with zero attached hydrogens (tertiary/aromatic N) is 6. The van der Waals surface area contributed by atoms with Gasteiger partial charge in [0.05, 0.1) is 15.9 Å². The standard InChI is InChI=1S/C18H17N7O4/c1-13(12-24-22-17(21-23-24)25(28)29)19-20-16(26)18(27,14-8-4-2-5-9-14)15-10-6-3-7-11-15/h2-11,27H,12H2,1H3,(H,20,26)/b19-13-. The van der Waals surface area contributed by atoms with Gasteiger partial charge in [0, 0.05) is 5.21 Å². The average Bonchev–Trinajstić information content (AvgIpc) is 3.21. The Morgan fingerprint density at radius 1 is 1.17 bits per heavy atom. The van der Waals surface area contributed by atoms with Crippen molar-refractivity contribution >= 4 is 17.6 Å². The summed E-state index contributed by atoms with van der Waals surface area (Å²) in [6.45, 7) is 1.54. The molecule has 0 aliphatic rings. The number of nitro groups is 1. The fourth-order valence-corrected chi connectivity index (χ4v) is 2.63. The van der Waals surface area contributed by atoms with Crippen LogP contribution in [0, 0.1) is 10.1 Å². The molecule has 148 valence electrons. The summed E-state index contributed by atoms with van der Waals surface area (Å²) in [6, 6.07) is 17.0. The highest BCUT2D eigenvalue weighted by molar-refractivity contribution is 5.91. The smallest absolute Gasteiger partial charge is 0.390 e. The van der Waals surface area contributed by atoms with Crippen LogP contribution in [0.2, 0.25) is 0 Å². The second-order valence-corrected chi connectivity index (χ2v) is 6.11. The fourth-order valence-electron chi connectivity index (χ4n) is 2.63. The summed E-state index contributed by atoms with van der Waals surface area (Å²) >= 11 is 0. The molecule has 2 N–H and O–H groups in total. The van der Waals surface area contributed by atoms with Crippen molar-refractivity contribution in [3.8, 4) is 0 Å². The van der Waals surface area contributed by atoms with Crippen LogP contribution in [0.1, 0.15) is 18.1 Å². The molecule has 0 fully saturated rings. The van der Waals surface area contributed by atoms with Crippen LogP contribution in [0.3, 0.4) is 0 Å². The molecule has 0 atom stereocenters. The third-order valence-corrected chi connectivity index (χ3v) is 4.04. The maximum absolute atomic E-state index is 12.9. The molecule has 0 spiro atoms. The number of hydrogen-bond donors (Lipinski definition) is 2. The van der Waals surface area contributed by atoms with E-state index in [9.17, 15) is 20.0 Å². The Kier molecular flexibility index (Phi) is 5.69. The van der Waals surface area contributed by atoms with Crippen molar-refractivity contribution in [1.82, 2.24) is 25.6 Å². The molecular weight excluding hydrogens is 378 g/mol. The number of carbonyl (C=O) groups excluding carboxylic acids is 1. The first-order valence-corrected chi connectivity index (χ1v) is 8.50. The van der Waals surface area contributed by atoms with Gasteiger partial charge in [-0.05, 0) is 23.0 Å². The highest BCUT2D eigenvalue weighted by Gasteiger charge is 2.39. The summed E-state index contributed by atoms with van der Waals surface area (Å²) in [5, 5.41) is 36.2. The van der Waals surface area contributed by atoms with Gasteiger partial charge in [-0.3, -0.25) is 4.79 Å². The molecule has 11 nitrogen and oxygen atoms in total. The first kappa shape index (κ1) is 19.8. The van der Waals surface area contributed by atoms with E-state index in [1.807, 2.05) is 0 Å². The summed E-state index contributed by atoms with van der Waals surface area (Å²) in [5.74, 6) is -1.39. The number of aromatic nitrogens is 4. The molecule has 29 heavy (non-hydrogen) atoms. The van der Waals surface area contributed by atoms with E-state index in [4.69, 9.17) is 0 Å². The number of carbonyl (C=O) groups is 1. The molecule has 3 rings (SSSR count). The highest BCUT2D eigenvalue weighted by Crippen LogP contribution is 2.29. The number of amides is 1. The first-order valence-electron chi connectivity index (χ1n) is 8.50. The maximum atomic E-state index is 12.9. The number of hydrogen-bond acceptors (Lipinski definition) is 8. The molecule has 11 heteroatoms. The lowest BCUT2D eigenvalue weighted by Crippen LogP contribution is -2.44. The number of hydrazone groups is 1. The van der Waals surface area contributed by atoms with Crippen LogP contribution in [0.25, 0.3) is 0 Å². The van der Waals surface area contributed by atoms with E-state index in [2.05, 4.69) is 25.9 Å². The lowest BCUT2D eigenvalue weighted by Gasteiger charge is -2.27. The minimum Gasteiger partial charge on any atom is -0.390 e. The molecule has 0 saturated carbocycles. The van der Waals surface area contributed by atoms with Crippen LogP contribution in [0.15, 0.2) is 65.8 Å². The van der Waals surface area contributed by atoms with Crippen molar-refractivity contribution in [2.75, 3.05) is 0 Å². The summed E-state index contributed by atoms with van der Waals surface area (Å²) in [5.41, 5.74) is 1.49. The van der Waals surface area contributed by atoms with Gasteiger partial charge in [-0.25, -0.2) is 5.43 Å². The number of rotatable bonds is 7. The van der Waals surface area contributed by atoms with Crippen LogP contribution in [-0.2, 0) is 16.9 Å². The van der Waals surface area contributed by atoms with Crippen LogP contribution in [0.4, 0.5) is 5.95 Å². The molecule has 0 saturated heterocycles. The van der Waals surface area contributed by atoms with Crippen molar-refractivity contribution in [1.29, 1.82) is 0 Å². The predicted octanol–water partition coefficient (Wildman–Crippen LogP) is 1.01. The lowest BCUT2D eigenvalue weighted by molar-refractivity contribution is -0.394. The number of benzene rings is 2. The number of aliphatic hydroxyl groups is 1. The van der Waals surface area contributed by atoms with Gasteiger partial charge in [0.2, 0.25) is 0 Å². The molecule has 1 amide bonds. The first-order chi connectivity index (χ1) is 13.9. The molecule has 0 aliphatic heterocycles. The van der Waals surface area contributed by atoms with Crippen molar-refractivity contribution in [3.05, 3.63) is 81.9 Å². The van der Waals surface area contributed by atoms with Crippen LogP contribution < -0.4 is 5.43 Å². The molecule has 0 bridgehead atoms. The third-order valence-electron chi connectivity index (χ3n) is 4.04. The van der Waals surface area contributed by atoms with E-state index in [1.165, 1.54) is 0 Å². The van der Waals surface area contributed by atoms with Gasteiger partial charge >= 0.3 is 5.95 Å². The third kappa shape index (κ3) is 4.30. The largest absolute Gasteiger partial charge is 0.514 e. The second kappa shape index (κ2) is 8.35. The van der Waals surface area contributed by atoms with Gasteiger partial charge in [-0.2, -0.15) is 5.10 Å². The zero-order chi connectivity index (χ0) is 20.9.